The van der Waals surface area contributed by atoms with E-state index in [0.29, 0.717) is 28.7 Å². The van der Waals surface area contributed by atoms with E-state index >= 15 is 0 Å². The second kappa shape index (κ2) is 8.02. The molecule has 0 aromatic carbocycles. The molecule has 1 aliphatic heterocycles. The van der Waals surface area contributed by atoms with E-state index in [2.05, 4.69) is 10.3 Å². The van der Waals surface area contributed by atoms with Crippen LogP contribution in [0.3, 0.4) is 0 Å². The number of carbonyl (C=O) groups excluding carboxylic acids is 2. The van der Waals surface area contributed by atoms with Crippen molar-refractivity contribution in [2.24, 2.45) is 5.92 Å². The second-order valence-corrected chi connectivity index (χ2v) is 11.1. The first-order valence-corrected chi connectivity index (χ1v) is 11.6. The average Bonchev–Trinajstić information content (AvgIpc) is 3.37. The molecule has 1 N–H and O–H groups in total. The van der Waals surface area contributed by atoms with Gasteiger partial charge in [-0.3, -0.25) is 9.59 Å². The fraction of sp³-hybridized carbons (Fsp3) is 0.688. The van der Waals surface area contributed by atoms with Gasteiger partial charge in [-0.25, -0.2) is 13.4 Å². The molecule has 2 heterocycles. The van der Waals surface area contributed by atoms with Crippen LogP contribution in [0.15, 0.2) is 6.20 Å². The second-order valence-electron chi connectivity index (χ2n) is 7.27. The number of hydrogen-bond donors (Lipinski definition) is 1. The van der Waals surface area contributed by atoms with Crippen molar-refractivity contribution >= 4 is 49.9 Å². The summed E-state index contributed by atoms with van der Waals surface area (Å²) in [6, 6.07) is -0.675. The molecule has 0 bridgehead atoms. The summed E-state index contributed by atoms with van der Waals surface area (Å²) in [5.41, 5.74) is 0. The zero-order chi connectivity index (χ0) is 19.8. The molecule has 1 saturated carbocycles. The van der Waals surface area contributed by atoms with Crippen molar-refractivity contribution in [1.29, 1.82) is 0 Å². The van der Waals surface area contributed by atoms with Gasteiger partial charge in [-0.15, -0.1) is 0 Å². The van der Waals surface area contributed by atoms with Crippen molar-refractivity contribution in [2.45, 2.75) is 44.4 Å². The lowest BCUT2D eigenvalue weighted by Gasteiger charge is -2.38. The lowest BCUT2D eigenvalue weighted by atomic mass is 10.0. The normalized spacial score (nSPS) is 20.1. The van der Waals surface area contributed by atoms with Gasteiger partial charge in [-0.2, -0.15) is 4.31 Å². The zero-order valence-electron chi connectivity index (χ0n) is 15.2. The molecule has 1 unspecified atom stereocenters. The van der Waals surface area contributed by atoms with Gasteiger partial charge in [0.2, 0.25) is 21.8 Å². The number of nitrogens with zero attached hydrogens (tertiary/aromatic N) is 3. The number of hydrogen-bond acceptors (Lipinski definition) is 6. The third kappa shape index (κ3) is 4.79. The van der Waals surface area contributed by atoms with Crippen LogP contribution in [0.25, 0.3) is 0 Å². The predicted molar refractivity (Wildman–Crippen MR) is 104 cm³/mol. The van der Waals surface area contributed by atoms with E-state index < -0.39 is 16.1 Å². The van der Waals surface area contributed by atoms with Crippen molar-refractivity contribution in [3.63, 3.8) is 0 Å². The Kier molecular flexibility index (Phi) is 6.09. The minimum absolute atomic E-state index is 0.182. The van der Waals surface area contributed by atoms with Crippen LogP contribution in [0.4, 0.5) is 5.13 Å². The molecule has 2 aliphatic rings. The quantitative estimate of drug-likeness (QED) is 0.705. The van der Waals surface area contributed by atoms with Crippen molar-refractivity contribution in [1.82, 2.24) is 14.2 Å². The lowest BCUT2D eigenvalue weighted by molar-refractivity contribution is -0.142. The topological polar surface area (TPSA) is 99.7 Å². The number of nitrogens with one attached hydrogen (secondary N) is 1. The highest BCUT2D eigenvalue weighted by Crippen LogP contribution is 2.32. The molecule has 1 atom stereocenters. The number of thiazole rings is 1. The smallest absolute Gasteiger partial charge is 0.248 e. The number of aromatic nitrogens is 1. The van der Waals surface area contributed by atoms with E-state index in [0.717, 1.165) is 11.3 Å². The van der Waals surface area contributed by atoms with Crippen molar-refractivity contribution in [3.05, 3.63) is 10.5 Å². The highest BCUT2D eigenvalue weighted by Gasteiger charge is 2.44. The summed E-state index contributed by atoms with van der Waals surface area (Å²) < 4.78 is 26.5. The molecule has 27 heavy (non-hydrogen) atoms. The van der Waals surface area contributed by atoms with Crippen LogP contribution in [0.1, 0.15) is 33.1 Å². The number of anilines is 1. The maximum Gasteiger partial charge on any atom is 0.248 e. The summed E-state index contributed by atoms with van der Waals surface area (Å²) in [5, 5.41) is 2.74. The molecule has 8 nitrogen and oxygen atoms in total. The maximum atomic E-state index is 12.8. The first-order valence-electron chi connectivity index (χ1n) is 8.89. The van der Waals surface area contributed by atoms with Crippen molar-refractivity contribution < 1.29 is 18.0 Å². The number of piperazine rings is 1. The van der Waals surface area contributed by atoms with Gasteiger partial charge in [0.05, 0.1) is 18.0 Å². The molecule has 1 saturated heterocycles. The highest BCUT2D eigenvalue weighted by molar-refractivity contribution is 7.90. The number of halogens is 1. The summed E-state index contributed by atoms with van der Waals surface area (Å²) in [4.78, 5) is 31.0. The fourth-order valence-electron chi connectivity index (χ4n) is 3.11. The Morgan fingerprint density at radius 3 is 2.63 bits per heavy atom. The van der Waals surface area contributed by atoms with E-state index in [-0.39, 0.29) is 42.6 Å². The Hall–Kier alpha value is -1.23. The Bertz CT molecular complexity index is 822. The third-order valence-electron chi connectivity index (χ3n) is 4.61. The van der Waals surface area contributed by atoms with E-state index in [9.17, 15) is 18.0 Å². The third-order valence-corrected chi connectivity index (χ3v) is 7.98. The van der Waals surface area contributed by atoms with E-state index in [1.165, 1.54) is 15.4 Å². The van der Waals surface area contributed by atoms with E-state index in [1.807, 2.05) is 13.8 Å². The van der Waals surface area contributed by atoms with Crippen LogP contribution in [-0.4, -0.2) is 65.3 Å². The van der Waals surface area contributed by atoms with Crippen LogP contribution < -0.4 is 5.32 Å². The Labute approximate surface area is 167 Å². The summed E-state index contributed by atoms with van der Waals surface area (Å²) >= 11 is 6.99. The Morgan fingerprint density at radius 1 is 1.41 bits per heavy atom. The summed E-state index contributed by atoms with van der Waals surface area (Å²) in [6.45, 7) is 4.16. The molecule has 11 heteroatoms. The van der Waals surface area contributed by atoms with Crippen LogP contribution in [0.5, 0.6) is 0 Å². The van der Waals surface area contributed by atoms with Gasteiger partial charge >= 0.3 is 0 Å². The van der Waals surface area contributed by atoms with Crippen molar-refractivity contribution in [3.8, 4) is 0 Å². The number of rotatable bonds is 7. The van der Waals surface area contributed by atoms with Gasteiger partial charge in [0.1, 0.15) is 10.4 Å². The highest BCUT2D eigenvalue weighted by atomic mass is 35.5. The zero-order valence-corrected chi connectivity index (χ0v) is 17.6. The molecule has 150 valence electrons. The molecule has 1 aromatic rings. The average molecular weight is 435 g/mol. The summed E-state index contributed by atoms with van der Waals surface area (Å²) in [5.74, 6) is -0.494. The van der Waals surface area contributed by atoms with Gasteiger partial charge in [0, 0.05) is 13.1 Å². The first kappa shape index (κ1) is 20.5. The van der Waals surface area contributed by atoms with E-state index in [4.69, 9.17) is 11.6 Å². The van der Waals surface area contributed by atoms with E-state index in [1.54, 1.807) is 0 Å². The van der Waals surface area contributed by atoms with Crippen LogP contribution in [0, 0.1) is 5.92 Å². The number of carbonyl (C=O) groups is 2. The number of sulfonamides is 1. The Balaban J connectivity index is 1.71. The fourth-order valence-corrected chi connectivity index (χ4v) is 5.71. The molecular weight excluding hydrogens is 412 g/mol. The van der Waals surface area contributed by atoms with Crippen LogP contribution in [0.2, 0.25) is 4.34 Å². The molecule has 2 amide bonds. The van der Waals surface area contributed by atoms with Gasteiger partial charge in [0.25, 0.3) is 0 Å². The molecule has 0 spiro atoms. The summed E-state index contributed by atoms with van der Waals surface area (Å²) in [7, 11) is -3.40. The minimum atomic E-state index is -3.40. The molecule has 1 aromatic heterocycles. The van der Waals surface area contributed by atoms with Crippen LogP contribution >= 0.6 is 22.9 Å². The standard InChI is InChI=1S/C16H23ClN4O4S2/c1-10(2)7-12(15(23)19-16-18-8-13(17)26-16)21-6-5-20(9-14(21)22)27(24,25)11-3-4-11/h8,10-12H,3-7,9H2,1-2H3,(H,18,19,23). The van der Waals surface area contributed by atoms with Gasteiger partial charge in [-0.05, 0) is 25.2 Å². The molecular formula is C16H23ClN4O4S2. The SMILES string of the molecule is CC(C)CC(C(=O)Nc1ncc(Cl)s1)N1CCN(S(=O)(=O)C2CC2)CC1=O. The van der Waals surface area contributed by atoms with Crippen LogP contribution in [-0.2, 0) is 19.6 Å². The monoisotopic (exact) mass is 434 g/mol. The molecule has 1 aliphatic carbocycles. The van der Waals surface area contributed by atoms with Gasteiger partial charge in [-0.1, -0.05) is 36.8 Å². The van der Waals surface area contributed by atoms with Crippen molar-refractivity contribution in [2.75, 3.05) is 25.0 Å². The predicted octanol–water partition coefficient (Wildman–Crippen LogP) is 1.79. The minimum Gasteiger partial charge on any atom is -0.328 e. The molecule has 0 radical (unpaired) electrons. The maximum absolute atomic E-state index is 12.8. The molecule has 2 fully saturated rings. The largest absolute Gasteiger partial charge is 0.328 e. The van der Waals surface area contributed by atoms with Gasteiger partial charge in [0.15, 0.2) is 5.13 Å². The number of amides is 2. The Morgan fingerprint density at radius 2 is 2.11 bits per heavy atom. The first-order chi connectivity index (χ1) is 12.7. The molecule has 3 rings (SSSR count). The summed E-state index contributed by atoms with van der Waals surface area (Å²) in [6.07, 6.45) is 3.25. The van der Waals surface area contributed by atoms with Gasteiger partial charge < -0.3 is 10.2 Å². The lowest BCUT2D eigenvalue weighted by Crippen LogP contribution is -2.58.